The second-order valence-electron chi connectivity index (χ2n) is 6.01. The van der Waals surface area contributed by atoms with Crippen LogP contribution in [0.5, 0.6) is 0 Å². The fourth-order valence-corrected chi connectivity index (χ4v) is 3.57. The number of fused-ring (bicyclic) bond motifs is 1. The predicted octanol–water partition coefficient (Wildman–Crippen LogP) is 3.90. The Hall–Kier alpha value is -1.64. The van der Waals surface area contributed by atoms with E-state index < -0.39 is 0 Å². The maximum absolute atomic E-state index is 9.94. The molecule has 3 rings (SSSR count). The fourth-order valence-electron chi connectivity index (χ4n) is 3.57. The number of hydrogen-bond acceptors (Lipinski definition) is 2. The van der Waals surface area contributed by atoms with Gasteiger partial charge in [0, 0.05) is 12.6 Å². The van der Waals surface area contributed by atoms with Crippen LogP contribution in [0, 0.1) is 0 Å². The molecule has 3 atom stereocenters. The molecular formula is C19H23NO. The van der Waals surface area contributed by atoms with Crippen LogP contribution in [0.3, 0.4) is 0 Å². The lowest BCUT2D eigenvalue weighted by atomic mass is 9.85. The molecule has 0 saturated heterocycles. The van der Waals surface area contributed by atoms with Crippen LogP contribution in [0.1, 0.15) is 48.5 Å². The van der Waals surface area contributed by atoms with Gasteiger partial charge in [-0.2, -0.15) is 0 Å². The topological polar surface area (TPSA) is 23.5 Å². The van der Waals surface area contributed by atoms with Crippen LogP contribution in [-0.2, 0) is 0 Å². The van der Waals surface area contributed by atoms with Crippen LogP contribution in [0.25, 0.3) is 0 Å². The van der Waals surface area contributed by atoms with E-state index >= 15 is 0 Å². The molecule has 2 aromatic rings. The molecule has 21 heavy (non-hydrogen) atoms. The highest BCUT2D eigenvalue weighted by molar-refractivity contribution is 5.36. The Morgan fingerprint density at radius 3 is 2.29 bits per heavy atom. The highest BCUT2D eigenvalue weighted by Crippen LogP contribution is 2.40. The average molecular weight is 281 g/mol. The van der Waals surface area contributed by atoms with Crippen molar-refractivity contribution < 1.29 is 5.11 Å². The minimum Gasteiger partial charge on any atom is -0.394 e. The van der Waals surface area contributed by atoms with Crippen LogP contribution in [-0.4, -0.2) is 23.2 Å². The molecule has 0 aromatic heterocycles. The van der Waals surface area contributed by atoms with Gasteiger partial charge in [-0.1, -0.05) is 61.5 Å². The number of benzene rings is 2. The molecule has 110 valence electrons. The zero-order valence-electron chi connectivity index (χ0n) is 12.7. The van der Waals surface area contributed by atoms with Crippen LogP contribution in [0.4, 0.5) is 0 Å². The molecule has 0 bridgehead atoms. The number of aliphatic hydroxyl groups excluding tert-OH is 1. The molecule has 2 nitrogen and oxygen atoms in total. The summed E-state index contributed by atoms with van der Waals surface area (Å²) in [4.78, 5) is 2.43. The van der Waals surface area contributed by atoms with Gasteiger partial charge in [-0.3, -0.25) is 4.90 Å². The van der Waals surface area contributed by atoms with Crippen molar-refractivity contribution in [2.24, 2.45) is 0 Å². The van der Waals surface area contributed by atoms with Crippen LogP contribution < -0.4 is 0 Å². The molecule has 0 saturated carbocycles. The van der Waals surface area contributed by atoms with Gasteiger partial charge in [0.25, 0.3) is 0 Å². The molecule has 2 heteroatoms. The number of nitrogens with zero attached hydrogens (tertiary/aromatic N) is 1. The summed E-state index contributed by atoms with van der Waals surface area (Å²) >= 11 is 0. The van der Waals surface area contributed by atoms with Crippen molar-refractivity contribution in [2.75, 3.05) is 13.2 Å². The summed E-state index contributed by atoms with van der Waals surface area (Å²) in [7, 11) is 0. The van der Waals surface area contributed by atoms with Gasteiger partial charge >= 0.3 is 0 Å². The van der Waals surface area contributed by atoms with Crippen molar-refractivity contribution in [3.05, 3.63) is 71.3 Å². The molecule has 1 aliphatic rings. The summed E-state index contributed by atoms with van der Waals surface area (Å²) in [5, 5.41) is 9.94. The number of rotatable bonds is 3. The fraction of sp³-hybridized carbons (Fsp3) is 0.368. The molecule has 0 unspecified atom stereocenters. The van der Waals surface area contributed by atoms with Crippen molar-refractivity contribution in [1.82, 2.24) is 4.90 Å². The maximum Gasteiger partial charge on any atom is 0.0628 e. The lowest BCUT2D eigenvalue weighted by Crippen LogP contribution is -2.40. The third-order valence-electron chi connectivity index (χ3n) is 4.72. The Morgan fingerprint density at radius 2 is 1.62 bits per heavy atom. The summed E-state index contributed by atoms with van der Waals surface area (Å²) in [6.45, 7) is 5.66. The van der Waals surface area contributed by atoms with E-state index in [1.807, 2.05) is 18.2 Å². The first-order valence-corrected chi connectivity index (χ1v) is 7.72. The third kappa shape index (κ3) is 2.61. The normalized spacial score (nSPS) is 23.6. The SMILES string of the molecule is C[C@H]1CN([C@@H](CO)c2ccccc2)[C@@H](C)c2ccccc21. The molecule has 0 amide bonds. The Morgan fingerprint density at radius 1 is 1.00 bits per heavy atom. The number of aliphatic hydroxyl groups is 1. The van der Waals surface area contributed by atoms with Gasteiger partial charge < -0.3 is 5.11 Å². The van der Waals surface area contributed by atoms with E-state index in [9.17, 15) is 5.11 Å². The van der Waals surface area contributed by atoms with Crippen LogP contribution in [0.2, 0.25) is 0 Å². The lowest BCUT2D eigenvalue weighted by Gasteiger charge is -2.43. The highest BCUT2D eigenvalue weighted by Gasteiger charge is 2.32. The van der Waals surface area contributed by atoms with Gasteiger partial charge in [0.15, 0.2) is 0 Å². The Bertz CT molecular complexity index is 596. The second kappa shape index (κ2) is 6.00. The quantitative estimate of drug-likeness (QED) is 0.922. The van der Waals surface area contributed by atoms with Gasteiger partial charge in [-0.05, 0) is 29.5 Å². The first-order chi connectivity index (χ1) is 10.2. The van der Waals surface area contributed by atoms with E-state index in [4.69, 9.17) is 0 Å². The monoisotopic (exact) mass is 281 g/mol. The molecule has 0 fully saturated rings. The van der Waals surface area contributed by atoms with E-state index in [2.05, 4.69) is 55.1 Å². The Kier molecular flexibility index (Phi) is 4.09. The Labute approximate surface area is 127 Å². The second-order valence-corrected chi connectivity index (χ2v) is 6.01. The first-order valence-electron chi connectivity index (χ1n) is 7.72. The number of hydrogen-bond donors (Lipinski definition) is 1. The average Bonchev–Trinajstić information content (AvgIpc) is 2.54. The molecule has 0 aliphatic carbocycles. The summed E-state index contributed by atoms with van der Waals surface area (Å²) < 4.78 is 0. The molecule has 0 spiro atoms. The highest BCUT2D eigenvalue weighted by atomic mass is 16.3. The van der Waals surface area contributed by atoms with E-state index in [-0.39, 0.29) is 12.6 Å². The van der Waals surface area contributed by atoms with Crippen molar-refractivity contribution >= 4 is 0 Å². The van der Waals surface area contributed by atoms with Gasteiger partial charge in [0.1, 0.15) is 0 Å². The molecule has 2 aromatic carbocycles. The third-order valence-corrected chi connectivity index (χ3v) is 4.72. The molecule has 0 radical (unpaired) electrons. The van der Waals surface area contributed by atoms with E-state index in [0.29, 0.717) is 12.0 Å². The molecular weight excluding hydrogens is 258 g/mol. The van der Waals surface area contributed by atoms with Crippen LogP contribution in [0.15, 0.2) is 54.6 Å². The summed E-state index contributed by atoms with van der Waals surface area (Å²) in [6.07, 6.45) is 0. The predicted molar refractivity (Wildman–Crippen MR) is 86.2 cm³/mol. The smallest absolute Gasteiger partial charge is 0.0628 e. The minimum atomic E-state index is 0.0667. The molecule has 1 aliphatic heterocycles. The van der Waals surface area contributed by atoms with Crippen molar-refractivity contribution in [2.45, 2.75) is 31.8 Å². The van der Waals surface area contributed by atoms with Gasteiger partial charge in [-0.25, -0.2) is 0 Å². The largest absolute Gasteiger partial charge is 0.394 e. The summed E-state index contributed by atoms with van der Waals surface area (Å²) in [5.41, 5.74) is 4.04. The lowest BCUT2D eigenvalue weighted by molar-refractivity contribution is 0.0744. The van der Waals surface area contributed by atoms with Crippen molar-refractivity contribution in [3.8, 4) is 0 Å². The van der Waals surface area contributed by atoms with Gasteiger partial charge in [-0.15, -0.1) is 0 Å². The van der Waals surface area contributed by atoms with Crippen LogP contribution >= 0.6 is 0 Å². The zero-order chi connectivity index (χ0) is 14.8. The Balaban J connectivity index is 1.96. The van der Waals surface area contributed by atoms with E-state index in [0.717, 1.165) is 6.54 Å². The summed E-state index contributed by atoms with van der Waals surface area (Å²) in [5.74, 6) is 0.496. The molecule has 1 N–H and O–H groups in total. The maximum atomic E-state index is 9.94. The van der Waals surface area contributed by atoms with Crippen molar-refractivity contribution in [3.63, 3.8) is 0 Å². The standard InChI is InChI=1S/C19H23NO/c1-14-12-20(15(2)18-11-7-6-10-17(14)18)19(13-21)16-8-4-3-5-9-16/h3-11,14-15,19,21H,12-13H2,1-2H3/t14-,15-,19-/m0/s1. The van der Waals surface area contributed by atoms with E-state index in [1.54, 1.807) is 0 Å². The van der Waals surface area contributed by atoms with Gasteiger partial charge in [0.05, 0.1) is 12.6 Å². The van der Waals surface area contributed by atoms with Crippen molar-refractivity contribution in [1.29, 1.82) is 0 Å². The molecule has 1 heterocycles. The minimum absolute atomic E-state index is 0.0667. The van der Waals surface area contributed by atoms with E-state index in [1.165, 1.54) is 16.7 Å². The zero-order valence-corrected chi connectivity index (χ0v) is 12.7. The first kappa shape index (κ1) is 14.3. The van der Waals surface area contributed by atoms with Gasteiger partial charge in [0.2, 0.25) is 0 Å². The summed E-state index contributed by atoms with van der Waals surface area (Å²) in [6, 6.07) is 19.4.